The Hall–Kier alpha value is -1.04. The van der Waals surface area contributed by atoms with Crippen molar-refractivity contribution < 1.29 is 8.78 Å². The van der Waals surface area contributed by atoms with Crippen LogP contribution in [0.25, 0.3) is 0 Å². The number of hydrogen-bond donors (Lipinski definition) is 1. The number of nitrogens with two attached hydrogens (primary N) is 1. The fourth-order valence-corrected chi connectivity index (χ4v) is 1.82. The third-order valence-corrected chi connectivity index (χ3v) is 2.80. The SMILES string of the molecule is NN1CCN(Cc2ccc(F)c(F)c2)CC1. The zero-order valence-corrected chi connectivity index (χ0v) is 9.00. The van der Waals surface area contributed by atoms with Crippen LogP contribution in [-0.4, -0.2) is 36.1 Å². The van der Waals surface area contributed by atoms with Crippen molar-refractivity contribution in [2.45, 2.75) is 6.54 Å². The van der Waals surface area contributed by atoms with Crippen molar-refractivity contribution in [3.63, 3.8) is 0 Å². The molecule has 1 aromatic carbocycles. The molecule has 0 atom stereocenters. The highest BCUT2D eigenvalue weighted by Crippen LogP contribution is 2.11. The predicted molar refractivity (Wildman–Crippen MR) is 57.4 cm³/mol. The first kappa shape index (κ1) is 11.4. The van der Waals surface area contributed by atoms with Crippen LogP contribution in [0.2, 0.25) is 0 Å². The average molecular weight is 227 g/mol. The van der Waals surface area contributed by atoms with Crippen LogP contribution in [0.15, 0.2) is 18.2 Å². The summed E-state index contributed by atoms with van der Waals surface area (Å²) in [6.07, 6.45) is 0. The summed E-state index contributed by atoms with van der Waals surface area (Å²) in [4.78, 5) is 2.18. The van der Waals surface area contributed by atoms with Gasteiger partial charge in [0.05, 0.1) is 0 Å². The summed E-state index contributed by atoms with van der Waals surface area (Å²) >= 11 is 0. The van der Waals surface area contributed by atoms with Gasteiger partial charge in [-0.05, 0) is 17.7 Å². The molecule has 88 valence electrons. The van der Waals surface area contributed by atoms with Crippen molar-refractivity contribution in [3.8, 4) is 0 Å². The fraction of sp³-hybridized carbons (Fsp3) is 0.455. The molecular weight excluding hydrogens is 212 g/mol. The van der Waals surface area contributed by atoms with Crippen LogP contribution in [-0.2, 0) is 6.54 Å². The lowest BCUT2D eigenvalue weighted by molar-refractivity contribution is 0.128. The molecule has 1 fully saturated rings. The Morgan fingerprint density at radius 2 is 1.75 bits per heavy atom. The van der Waals surface area contributed by atoms with Gasteiger partial charge in [-0.15, -0.1) is 0 Å². The van der Waals surface area contributed by atoms with Crippen molar-refractivity contribution in [2.75, 3.05) is 26.2 Å². The van der Waals surface area contributed by atoms with Crippen molar-refractivity contribution in [1.29, 1.82) is 0 Å². The zero-order chi connectivity index (χ0) is 11.5. The molecule has 0 aromatic heterocycles. The fourth-order valence-electron chi connectivity index (χ4n) is 1.82. The van der Waals surface area contributed by atoms with Crippen LogP contribution in [0.5, 0.6) is 0 Å². The molecule has 0 unspecified atom stereocenters. The van der Waals surface area contributed by atoms with Gasteiger partial charge in [0.25, 0.3) is 0 Å². The molecule has 0 radical (unpaired) electrons. The van der Waals surface area contributed by atoms with Crippen LogP contribution in [0.3, 0.4) is 0 Å². The lowest BCUT2D eigenvalue weighted by Crippen LogP contribution is -2.48. The second-order valence-electron chi connectivity index (χ2n) is 4.06. The summed E-state index contributed by atoms with van der Waals surface area (Å²) in [6, 6.07) is 4.04. The molecule has 2 N–H and O–H groups in total. The highest BCUT2D eigenvalue weighted by Gasteiger charge is 2.14. The van der Waals surface area contributed by atoms with E-state index in [9.17, 15) is 8.78 Å². The normalized spacial score (nSPS) is 18.9. The molecule has 1 aliphatic rings. The quantitative estimate of drug-likeness (QED) is 0.764. The summed E-state index contributed by atoms with van der Waals surface area (Å²) in [6.45, 7) is 3.98. The molecule has 3 nitrogen and oxygen atoms in total. The molecule has 2 rings (SSSR count). The van der Waals surface area contributed by atoms with E-state index in [1.165, 1.54) is 12.1 Å². The Morgan fingerprint density at radius 3 is 2.38 bits per heavy atom. The Balaban J connectivity index is 1.96. The number of hydrazine groups is 1. The number of piperazine rings is 1. The Morgan fingerprint density at radius 1 is 1.06 bits per heavy atom. The maximum atomic E-state index is 13.0. The monoisotopic (exact) mass is 227 g/mol. The first-order valence-corrected chi connectivity index (χ1v) is 5.31. The first-order valence-electron chi connectivity index (χ1n) is 5.31. The number of halogens is 2. The molecular formula is C11H15F2N3. The minimum absolute atomic E-state index is 0.644. The average Bonchev–Trinajstić information content (AvgIpc) is 2.27. The van der Waals surface area contributed by atoms with E-state index in [1.54, 1.807) is 11.1 Å². The smallest absolute Gasteiger partial charge is 0.159 e. The first-order chi connectivity index (χ1) is 7.65. The van der Waals surface area contributed by atoms with Crippen LogP contribution in [0, 0.1) is 11.6 Å². The lowest BCUT2D eigenvalue weighted by Gasteiger charge is -2.31. The molecule has 0 amide bonds. The standard InChI is InChI=1S/C11H15F2N3/c12-10-2-1-9(7-11(10)13)8-15-3-5-16(14)6-4-15/h1-2,7H,3-6,8,14H2. The third-order valence-electron chi connectivity index (χ3n) is 2.80. The molecule has 5 heteroatoms. The highest BCUT2D eigenvalue weighted by molar-refractivity contribution is 5.17. The van der Waals surface area contributed by atoms with Gasteiger partial charge in [-0.1, -0.05) is 6.07 Å². The van der Waals surface area contributed by atoms with Gasteiger partial charge in [0, 0.05) is 32.7 Å². The van der Waals surface area contributed by atoms with E-state index in [0.29, 0.717) is 6.54 Å². The summed E-state index contributed by atoms with van der Waals surface area (Å²) in [5.41, 5.74) is 0.796. The van der Waals surface area contributed by atoms with Gasteiger partial charge in [-0.3, -0.25) is 10.7 Å². The van der Waals surface area contributed by atoms with Gasteiger partial charge < -0.3 is 0 Å². The third kappa shape index (κ3) is 2.75. The van der Waals surface area contributed by atoms with Crippen LogP contribution >= 0.6 is 0 Å². The van der Waals surface area contributed by atoms with Crippen LogP contribution in [0.4, 0.5) is 8.78 Å². The van der Waals surface area contributed by atoms with E-state index in [-0.39, 0.29) is 0 Å². The number of benzene rings is 1. The van der Waals surface area contributed by atoms with Gasteiger partial charge in [0.2, 0.25) is 0 Å². The number of hydrogen-bond acceptors (Lipinski definition) is 3. The van der Waals surface area contributed by atoms with Crippen LogP contribution < -0.4 is 5.84 Å². The Kier molecular flexibility index (Phi) is 3.48. The zero-order valence-electron chi connectivity index (χ0n) is 9.00. The minimum atomic E-state index is -0.796. The molecule has 0 saturated carbocycles. The Labute approximate surface area is 93.4 Å². The van der Waals surface area contributed by atoms with Gasteiger partial charge >= 0.3 is 0 Å². The summed E-state index contributed by atoms with van der Waals surface area (Å²) < 4.78 is 25.7. The molecule has 1 heterocycles. The number of rotatable bonds is 2. The molecule has 16 heavy (non-hydrogen) atoms. The van der Waals surface area contributed by atoms with Crippen molar-refractivity contribution in [3.05, 3.63) is 35.4 Å². The largest absolute Gasteiger partial charge is 0.296 e. The van der Waals surface area contributed by atoms with E-state index in [1.807, 2.05) is 0 Å². The second-order valence-corrected chi connectivity index (χ2v) is 4.06. The van der Waals surface area contributed by atoms with E-state index < -0.39 is 11.6 Å². The van der Waals surface area contributed by atoms with Gasteiger partial charge in [-0.25, -0.2) is 13.8 Å². The van der Waals surface area contributed by atoms with Gasteiger partial charge in [0.1, 0.15) is 0 Å². The van der Waals surface area contributed by atoms with Gasteiger partial charge in [-0.2, -0.15) is 0 Å². The molecule has 0 spiro atoms. The predicted octanol–water partition coefficient (Wildman–Crippen LogP) is 0.956. The maximum absolute atomic E-state index is 13.0. The molecule has 0 aliphatic carbocycles. The lowest BCUT2D eigenvalue weighted by atomic mass is 10.2. The van der Waals surface area contributed by atoms with Crippen molar-refractivity contribution in [1.82, 2.24) is 9.91 Å². The van der Waals surface area contributed by atoms with Crippen LogP contribution in [0.1, 0.15) is 5.56 Å². The Bertz CT molecular complexity index is 362. The van der Waals surface area contributed by atoms with Crippen molar-refractivity contribution >= 4 is 0 Å². The molecule has 1 saturated heterocycles. The van der Waals surface area contributed by atoms with E-state index in [2.05, 4.69) is 4.90 Å². The summed E-state index contributed by atoms with van der Waals surface area (Å²) in [7, 11) is 0. The molecule has 1 aromatic rings. The van der Waals surface area contributed by atoms with Crippen molar-refractivity contribution in [2.24, 2.45) is 5.84 Å². The molecule has 0 bridgehead atoms. The summed E-state index contributed by atoms with van der Waals surface area (Å²) in [5, 5.41) is 1.77. The van der Waals surface area contributed by atoms with E-state index >= 15 is 0 Å². The second kappa shape index (κ2) is 4.86. The highest BCUT2D eigenvalue weighted by atomic mass is 19.2. The summed E-state index contributed by atoms with van der Waals surface area (Å²) in [5.74, 6) is 4.05. The topological polar surface area (TPSA) is 32.5 Å². The van der Waals surface area contributed by atoms with Gasteiger partial charge in [0.15, 0.2) is 11.6 Å². The van der Waals surface area contributed by atoms with E-state index in [4.69, 9.17) is 5.84 Å². The minimum Gasteiger partial charge on any atom is -0.296 e. The number of nitrogens with zero attached hydrogens (tertiary/aromatic N) is 2. The molecule has 1 aliphatic heterocycles. The van der Waals surface area contributed by atoms with E-state index in [0.717, 1.165) is 31.7 Å². The maximum Gasteiger partial charge on any atom is 0.159 e.